The fourth-order valence-electron chi connectivity index (χ4n) is 4.33. The molecule has 5 nitrogen and oxygen atoms in total. The van der Waals surface area contributed by atoms with E-state index in [-0.39, 0.29) is 5.60 Å². The molecule has 1 saturated carbocycles. The highest BCUT2D eigenvalue weighted by Crippen LogP contribution is 2.38. The van der Waals surface area contributed by atoms with Gasteiger partial charge in [0.1, 0.15) is 0 Å². The number of carbonyl (C=O) groups is 1. The first-order chi connectivity index (χ1) is 10.8. The molecule has 4 fully saturated rings. The summed E-state index contributed by atoms with van der Waals surface area (Å²) in [7, 11) is 0. The number of hydrogen-bond donors (Lipinski definition) is 0. The summed E-state index contributed by atoms with van der Waals surface area (Å²) in [5.74, 6) is 0.748. The second-order valence-corrected chi connectivity index (χ2v) is 7.43. The zero-order valence-corrected chi connectivity index (χ0v) is 13.5. The third-order valence-corrected chi connectivity index (χ3v) is 5.94. The molecule has 0 aromatic rings. The number of piperidine rings is 1. The Balaban J connectivity index is 1.34. The van der Waals surface area contributed by atoms with Gasteiger partial charge in [-0.3, -0.25) is 9.69 Å². The van der Waals surface area contributed by atoms with Gasteiger partial charge >= 0.3 is 0 Å². The minimum Gasteiger partial charge on any atom is -0.379 e. The highest BCUT2D eigenvalue weighted by atomic mass is 16.5. The second kappa shape index (κ2) is 6.10. The van der Waals surface area contributed by atoms with Crippen molar-refractivity contribution >= 4 is 5.91 Å². The van der Waals surface area contributed by atoms with Crippen molar-refractivity contribution in [1.82, 2.24) is 9.80 Å². The lowest BCUT2D eigenvalue weighted by Crippen LogP contribution is -2.56. The molecule has 3 saturated heterocycles. The molecule has 0 aromatic carbocycles. The molecular weight excluding hydrogens is 280 g/mol. The van der Waals surface area contributed by atoms with E-state index in [1.807, 2.05) is 0 Å². The predicted molar refractivity (Wildman–Crippen MR) is 82.6 cm³/mol. The molecule has 1 aliphatic carbocycles. The van der Waals surface area contributed by atoms with Gasteiger partial charge in [-0.05, 0) is 38.5 Å². The number of carbonyl (C=O) groups excluding carboxylic acids is 1. The van der Waals surface area contributed by atoms with Crippen molar-refractivity contribution in [2.75, 3.05) is 46.0 Å². The summed E-state index contributed by atoms with van der Waals surface area (Å²) in [5.41, 5.74) is 0.0293. The SMILES string of the molecule is O=C(C1CC1)N1CCC2(CC1)CC(N1CCOCC1)CCO2. The topological polar surface area (TPSA) is 42.0 Å². The minimum atomic E-state index is 0.0293. The molecule has 1 atom stereocenters. The number of rotatable bonds is 2. The molecule has 5 heteroatoms. The van der Waals surface area contributed by atoms with Gasteiger partial charge in [0.2, 0.25) is 5.91 Å². The van der Waals surface area contributed by atoms with Gasteiger partial charge in [-0.2, -0.15) is 0 Å². The van der Waals surface area contributed by atoms with Crippen LogP contribution in [0.25, 0.3) is 0 Å². The van der Waals surface area contributed by atoms with Crippen molar-refractivity contribution in [1.29, 1.82) is 0 Å². The van der Waals surface area contributed by atoms with Gasteiger partial charge < -0.3 is 14.4 Å². The maximum atomic E-state index is 12.2. The Morgan fingerprint density at radius 2 is 1.68 bits per heavy atom. The summed E-state index contributed by atoms with van der Waals surface area (Å²) in [5, 5.41) is 0. The summed E-state index contributed by atoms with van der Waals surface area (Å²) < 4.78 is 11.7. The van der Waals surface area contributed by atoms with E-state index in [9.17, 15) is 4.79 Å². The maximum absolute atomic E-state index is 12.2. The summed E-state index contributed by atoms with van der Waals surface area (Å²) in [6.07, 6.45) is 6.54. The van der Waals surface area contributed by atoms with Crippen LogP contribution in [0.15, 0.2) is 0 Å². The van der Waals surface area contributed by atoms with Crippen molar-refractivity contribution in [2.45, 2.75) is 50.2 Å². The van der Waals surface area contributed by atoms with Crippen LogP contribution < -0.4 is 0 Å². The van der Waals surface area contributed by atoms with E-state index in [4.69, 9.17) is 9.47 Å². The van der Waals surface area contributed by atoms with Gasteiger partial charge in [0.05, 0.1) is 18.8 Å². The van der Waals surface area contributed by atoms with Gasteiger partial charge in [0, 0.05) is 44.7 Å². The van der Waals surface area contributed by atoms with Crippen LogP contribution in [-0.4, -0.2) is 73.3 Å². The summed E-state index contributed by atoms with van der Waals surface area (Å²) in [6, 6.07) is 0.642. The van der Waals surface area contributed by atoms with E-state index < -0.39 is 0 Å². The van der Waals surface area contributed by atoms with Gasteiger partial charge in [0.25, 0.3) is 0 Å². The second-order valence-electron chi connectivity index (χ2n) is 7.43. The molecule has 22 heavy (non-hydrogen) atoms. The summed E-state index contributed by atoms with van der Waals surface area (Å²) in [4.78, 5) is 16.9. The quantitative estimate of drug-likeness (QED) is 0.770. The Labute approximate surface area is 132 Å². The predicted octanol–water partition coefficient (Wildman–Crippen LogP) is 1.27. The van der Waals surface area contributed by atoms with Crippen LogP contribution in [0.3, 0.4) is 0 Å². The maximum Gasteiger partial charge on any atom is 0.225 e. The molecule has 1 spiro atoms. The van der Waals surface area contributed by atoms with Crippen LogP contribution in [-0.2, 0) is 14.3 Å². The lowest BCUT2D eigenvalue weighted by atomic mass is 9.81. The zero-order valence-electron chi connectivity index (χ0n) is 13.5. The zero-order chi connectivity index (χ0) is 15.0. The van der Waals surface area contributed by atoms with Gasteiger partial charge in [-0.15, -0.1) is 0 Å². The van der Waals surface area contributed by atoms with E-state index in [1.54, 1.807) is 0 Å². The molecular formula is C17H28N2O3. The summed E-state index contributed by atoms with van der Waals surface area (Å²) >= 11 is 0. The number of likely N-dealkylation sites (tertiary alicyclic amines) is 1. The molecule has 3 heterocycles. The van der Waals surface area contributed by atoms with E-state index >= 15 is 0 Å². The molecule has 4 aliphatic rings. The van der Waals surface area contributed by atoms with Crippen molar-refractivity contribution in [2.24, 2.45) is 5.92 Å². The third kappa shape index (κ3) is 3.03. The van der Waals surface area contributed by atoms with Crippen LogP contribution in [0.5, 0.6) is 0 Å². The first kappa shape index (κ1) is 14.9. The minimum absolute atomic E-state index is 0.0293. The highest BCUT2D eigenvalue weighted by molar-refractivity contribution is 5.81. The van der Waals surface area contributed by atoms with Gasteiger partial charge in [0.15, 0.2) is 0 Å². The Kier molecular flexibility index (Phi) is 4.13. The third-order valence-electron chi connectivity index (χ3n) is 5.94. The normalized spacial score (nSPS) is 33.1. The fourth-order valence-corrected chi connectivity index (χ4v) is 4.33. The van der Waals surface area contributed by atoms with Crippen LogP contribution >= 0.6 is 0 Å². The largest absolute Gasteiger partial charge is 0.379 e. The Morgan fingerprint density at radius 3 is 2.36 bits per heavy atom. The molecule has 1 unspecified atom stereocenters. The van der Waals surface area contributed by atoms with E-state index in [1.165, 1.54) is 0 Å². The molecule has 124 valence electrons. The standard InChI is InChI=1S/C17H28N2O3/c20-16(14-1-2-14)19-6-4-17(5-7-19)13-15(3-10-22-17)18-8-11-21-12-9-18/h14-15H,1-13H2. The number of nitrogens with zero attached hydrogens (tertiary/aromatic N) is 2. The Bertz CT molecular complexity index is 410. The van der Waals surface area contributed by atoms with E-state index in [0.29, 0.717) is 17.9 Å². The monoisotopic (exact) mass is 308 g/mol. The molecule has 0 bridgehead atoms. The van der Waals surface area contributed by atoms with Crippen molar-refractivity contribution in [3.63, 3.8) is 0 Å². The first-order valence-electron chi connectivity index (χ1n) is 9.00. The lowest BCUT2D eigenvalue weighted by Gasteiger charge is -2.49. The smallest absolute Gasteiger partial charge is 0.225 e. The highest BCUT2D eigenvalue weighted by Gasteiger charge is 2.44. The number of hydrogen-bond acceptors (Lipinski definition) is 4. The number of morpholine rings is 1. The van der Waals surface area contributed by atoms with Crippen molar-refractivity contribution in [3.8, 4) is 0 Å². The summed E-state index contributed by atoms with van der Waals surface area (Å²) in [6.45, 7) is 6.52. The van der Waals surface area contributed by atoms with Crippen molar-refractivity contribution in [3.05, 3.63) is 0 Å². The average molecular weight is 308 g/mol. The fraction of sp³-hybridized carbons (Fsp3) is 0.941. The van der Waals surface area contributed by atoms with Gasteiger partial charge in [-0.1, -0.05) is 0 Å². The molecule has 1 amide bonds. The van der Waals surface area contributed by atoms with Gasteiger partial charge in [-0.25, -0.2) is 0 Å². The first-order valence-corrected chi connectivity index (χ1v) is 9.00. The van der Waals surface area contributed by atoms with Crippen LogP contribution in [0.4, 0.5) is 0 Å². The Hall–Kier alpha value is -0.650. The van der Waals surface area contributed by atoms with Crippen LogP contribution in [0.1, 0.15) is 38.5 Å². The molecule has 0 radical (unpaired) electrons. The molecule has 3 aliphatic heterocycles. The van der Waals surface area contributed by atoms with Crippen molar-refractivity contribution < 1.29 is 14.3 Å². The molecule has 4 rings (SSSR count). The average Bonchev–Trinajstić information content (AvgIpc) is 3.41. The van der Waals surface area contributed by atoms with Crippen LogP contribution in [0.2, 0.25) is 0 Å². The van der Waals surface area contributed by atoms with E-state index in [2.05, 4.69) is 9.80 Å². The molecule has 0 N–H and O–H groups in total. The Morgan fingerprint density at radius 1 is 0.955 bits per heavy atom. The lowest BCUT2D eigenvalue weighted by molar-refractivity contribution is -0.152. The number of ether oxygens (including phenoxy) is 2. The molecule has 0 aromatic heterocycles. The van der Waals surface area contributed by atoms with Crippen LogP contribution in [0, 0.1) is 5.92 Å². The van der Waals surface area contributed by atoms with E-state index in [0.717, 1.165) is 84.5 Å². The number of amides is 1.